The van der Waals surface area contributed by atoms with Gasteiger partial charge in [-0.25, -0.2) is 0 Å². The molecule has 1 radical (unpaired) electrons. The zero-order chi connectivity index (χ0) is 15.4. The Kier molecular flexibility index (Phi) is 8.72. The minimum Gasteiger partial charge on any atom is -0.483 e. The summed E-state index contributed by atoms with van der Waals surface area (Å²) >= 11 is 11.0. The third-order valence-electron chi connectivity index (χ3n) is 2.91. The Morgan fingerprint density at radius 2 is 2.18 bits per heavy atom. The number of thioether (sulfide) groups is 1. The summed E-state index contributed by atoms with van der Waals surface area (Å²) in [5.41, 5.74) is 1.37. The van der Waals surface area contributed by atoms with Gasteiger partial charge in [-0.1, -0.05) is 27.2 Å². The minimum absolute atomic E-state index is 0. The summed E-state index contributed by atoms with van der Waals surface area (Å²) in [7, 11) is 0. The number of halogens is 2. The summed E-state index contributed by atoms with van der Waals surface area (Å²) in [6.45, 7) is 2.43. The van der Waals surface area contributed by atoms with Crippen molar-refractivity contribution in [2.45, 2.75) is 13.5 Å². The number of hydrogen-bond acceptors (Lipinski definition) is 3. The van der Waals surface area contributed by atoms with E-state index in [1.165, 1.54) is 6.07 Å². The number of rotatable bonds is 5. The number of hydrogen-bond donors (Lipinski definition) is 0. The van der Waals surface area contributed by atoms with Gasteiger partial charge in [0.15, 0.2) is 0 Å². The van der Waals surface area contributed by atoms with Crippen LogP contribution in [0.5, 0.6) is 5.75 Å². The number of benzene rings is 1. The molecule has 0 bridgehead atoms. The van der Waals surface area contributed by atoms with E-state index in [0.29, 0.717) is 18.2 Å². The summed E-state index contributed by atoms with van der Waals surface area (Å²) in [6, 6.07) is 10.3. The van der Waals surface area contributed by atoms with Crippen LogP contribution < -0.4 is 10.3 Å². The molecule has 3 nitrogen and oxygen atoms in total. The van der Waals surface area contributed by atoms with E-state index in [9.17, 15) is 4.79 Å². The van der Waals surface area contributed by atoms with Gasteiger partial charge in [-0.2, -0.15) is 23.7 Å². The molecule has 2 rings (SSSR count). The van der Waals surface area contributed by atoms with Crippen LogP contribution in [-0.4, -0.2) is 16.8 Å². The van der Waals surface area contributed by atoms with Crippen molar-refractivity contribution in [1.82, 2.24) is 4.57 Å². The van der Waals surface area contributed by atoms with Gasteiger partial charge in [-0.05, 0) is 29.8 Å². The second-order valence-corrected chi connectivity index (χ2v) is 6.30. The van der Waals surface area contributed by atoms with E-state index in [0.717, 1.165) is 15.8 Å². The molecule has 115 valence electrons. The average Bonchev–Trinajstić information content (AvgIpc) is 2.48. The molecule has 2 aromatic rings. The smallest absolute Gasteiger partial charge is 0.212 e. The van der Waals surface area contributed by atoms with Crippen molar-refractivity contribution in [2.75, 3.05) is 12.2 Å². The van der Waals surface area contributed by atoms with E-state index in [2.05, 4.69) is 22.0 Å². The first-order valence-electron chi connectivity index (χ1n) is 6.31. The first kappa shape index (κ1) is 20.2. The van der Waals surface area contributed by atoms with Crippen LogP contribution in [0.25, 0.3) is 11.3 Å². The predicted octanol–water partition coefficient (Wildman–Crippen LogP) is 4.45. The molecule has 1 heterocycles. The Morgan fingerprint density at radius 3 is 2.77 bits per heavy atom. The van der Waals surface area contributed by atoms with E-state index in [1.54, 1.807) is 16.3 Å². The van der Waals surface area contributed by atoms with E-state index in [-0.39, 0.29) is 43.3 Å². The number of nitrogens with zero attached hydrogens (tertiary/aromatic N) is 1. The van der Waals surface area contributed by atoms with Crippen LogP contribution in [0.15, 0.2) is 33.5 Å². The van der Waals surface area contributed by atoms with Crippen molar-refractivity contribution >= 4 is 39.3 Å². The maximum Gasteiger partial charge on any atom is 0.212 e. The molecule has 22 heavy (non-hydrogen) atoms. The van der Waals surface area contributed by atoms with Gasteiger partial charge >= 0.3 is 0 Å². The van der Waals surface area contributed by atoms with Crippen LogP contribution in [0.4, 0.5) is 0 Å². The van der Waals surface area contributed by atoms with Crippen LogP contribution in [0.3, 0.4) is 0 Å². The Bertz CT molecular complexity index is 708. The minimum atomic E-state index is -0.206. The second-order valence-electron chi connectivity index (χ2n) is 4.23. The molecule has 0 unspecified atom stereocenters. The number of pyridine rings is 1. The van der Waals surface area contributed by atoms with Gasteiger partial charge in [0.05, 0.1) is 0 Å². The Balaban J connectivity index is 0.00000242. The van der Waals surface area contributed by atoms with Crippen LogP contribution in [0, 0.1) is 6.07 Å². The zero-order valence-corrected chi connectivity index (χ0v) is 18.2. The molecular formula is C15H14BrClNO2SY-. The van der Waals surface area contributed by atoms with Crippen LogP contribution in [-0.2, 0) is 39.3 Å². The molecule has 0 N–H and O–H groups in total. The number of aromatic nitrogens is 1. The summed E-state index contributed by atoms with van der Waals surface area (Å²) in [5, 5.41) is 0.177. The average molecular weight is 477 g/mol. The fraction of sp³-hybridized carbons (Fsp3) is 0.267. The molecule has 0 saturated heterocycles. The Labute approximate surface area is 172 Å². The number of ether oxygens (including phenoxy) is 1. The molecule has 0 fully saturated rings. The second kappa shape index (κ2) is 9.48. The van der Waals surface area contributed by atoms with Gasteiger partial charge in [0.1, 0.15) is 11.7 Å². The molecule has 1 aromatic carbocycles. The Hall–Kier alpha value is 0.194. The molecule has 1 aromatic heterocycles. The predicted molar refractivity (Wildman–Crippen MR) is 92.4 cm³/mol. The normalized spacial score (nSPS) is 10.2. The maximum absolute atomic E-state index is 12.1. The monoisotopic (exact) mass is 475 g/mol. The third kappa shape index (κ3) is 4.60. The van der Waals surface area contributed by atoms with Crippen molar-refractivity contribution in [2.24, 2.45) is 0 Å². The van der Waals surface area contributed by atoms with E-state index < -0.39 is 0 Å². The molecular weight excluding hydrogens is 463 g/mol. The molecule has 0 saturated carbocycles. The van der Waals surface area contributed by atoms with Crippen molar-refractivity contribution in [3.8, 4) is 17.0 Å². The van der Waals surface area contributed by atoms with Crippen LogP contribution in [0.2, 0.25) is 5.02 Å². The fourth-order valence-corrected chi connectivity index (χ4v) is 2.89. The molecule has 0 aliphatic carbocycles. The van der Waals surface area contributed by atoms with E-state index in [4.69, 9.17) is 16.3 Å². The van der Waals surface area contributed by atoms with Crippen molar-refractivity contribution in [3.63, 3.8) is 0 Å². The summed E-state index contributed by atoms with van der Waals surface area (Å²) in [4.78, 5) is 12.1. The van der Waals surface area contributed by atoms with Gasteiger partial charge < -0.3 is 9.30 Å². The first-order valence-corrected chi connectivity index (χ1v) is 8.87. The van der Waals surface area contributed by atoms with E-state index in [1.807, 2.05) is 31.4 Å². The van der Waals surface area contributed by atoms with Crippen LogP contribution >= 0.6 is 39.3 Å². The topological polar surface area (TPSA) is 31.2 Å². The van der Waals surface area contributed by atoms with Crippen molar-refractivity contribution in [3.05, 3.63) is 50.2 Å². The SMILES string of the molecule is CCn1c(-c2ccc(OCSC)cc2Br)[c-]cc(Cl)c1=O.[Y]. The zero-order valence-electron chi connectivity index (χ0n) is 12.2. The maximum atomic E-state index is 12.1. The van der Waals surface area contributed by atoms with Gasteiger partial charge in [-0.15, -0.1) is 17.8 Å². The molecule has 7 heteroatoms. The van der Waals surface area contributed by atoms with Gasteiger partial charge in [0, 0.05) is 44.3 Å². The molecule has 0 aliphatic rings. The van der Waals surface area contributed by atoms with Gasteiger partial charge in [-0.3, -0.25) is 4.79 Å². The van der Waals surface area contributed by atoms with Gasteiger partial charge in [0.25, 0.3) is 0 Å². The molecule has 0 spiro atoms. The van der Waals surface area contributed by atoms with Crippen molar-refractivity contribution in [1.29, 1.82) is 0 Å². The van der Waals surface area contributed by atoms with E-state index >= 15 is 0 Å². The quantitative estimate of drug-likeness (QED) is 0.472. The van der Waals surface area contributed by atoms with Crippen molar-refractivity contribution < 1.29 is 37.4 Å². The standard InChI is InChI=1S/C15H14BrClNO2S.Y/c1-3-18-14(7-6-13(17)15(18)19)11-5-4-10(8-12(11)16)20-9-21-2;/h4-6,8H,3,9H2,1-2H3;/q-1;. The summed E-state index contributed by atoms with van der Waals surface area (Å²) < 4.78 is 8.01. The largest absolute Gasteiger partial charge is 0.483 e. The molecule has 0 aliphatic heterocycles. The fourth-order valence-electron chi connectivity index (χ4n) is 1.93. The van der Waals surface area contributed by atoms with Crippen LogP contribution in [0.1, 0.15) is 6.92 Å². The molecule has 0 amide bonds. The summed E-state index contributed by atoms with van der Waals surface area (Å²) in [5.74, 6) is 1.37. The third-order valence-corrected chi connectivity index (χ3v) is 4.19. The molecule has 0 atom stereocenters. The Morgan fingerprint density at radius 1 is 1.45 bits per heavy atom. The summed E-state index contributed by atoms with van der Waals surface area (Å²) in [6.07, 6.45) is 1.98. The first-order chi connectivity index (χ1) is 10.1. The van der Waals surface area contributed by atoms with Gasteiger partial charge in [0.2, 0.25) is 5.56 Å².